The van der Waals surface area contributed by atoms with Gasteiger partial charge in [-0.1, -0.05) is 106 Å². The van der Waals surface area contributed by atoms with Crippen LogP contribution in [-0.4, -0.2) is 20.7 Å². The molecule has 0 aliphatic carbocycles. The molecular formula is C29H34O3Si. The van der Waals surface area contributed by atoms with Gasteiger partial charge >= 0.3 is 0 Å². The number of benzene rings is 3. The van der Waals surface area contributed by atoms with Crippen molar-refractivity contribution in [3.8, 4) is 5.75 Å². The Hall–Kier alpha value is -2.95. The molecule has 33 heavy (non-hydrogen) atoms. The normalized spacial score (nSPS) is 13.1. The van der Waals surface area contributed by atoms with Crippen LogP contribution in [0.15, 0.2) is 91.0 Å². The minimum atomic E-state index is -1.82. The maximum atomic E-state index is 13.5. The number of ether oxygens (including phenoxy) is 1. The van der Waals surface area contributed by atoms with Gasteiger partial charge in [0.05, 0.1) is 6.61 Å². The number of para-hydroxylation sites is 1. The molecule has 0 bridgehead atoms. The Kier molecular flexibility index (Phi) is 8.06. The Balaban J connectivity index is 1.89. The largest absolute Gasteiger partial charge is 0.477 e. The number of hydrogen-bond donors (Lipinski definition) is 0. The SMILES string of the molecule is CC(C)(C)[Si](C)(C)OC/C=C/c1ccccc1C(Oc1ccccc1)C(=O)c1ccccc1. The molecule has 0 aromatic heterocycles. The number of carbonyl (C=O) groups is 1. The van der Waals surface area contributed by atoms with Crippen LogP contribution in [0.4, 0.5) is 0 Å². The predicted octanol–water partition coefficient (Wildman–Crippen LogP) is 7.72. The third kappa shape index (κ3) is 6.53. The van der Waals surface area contributed by atoms with Crippen molar-refractivity contribution in [2.45, 2.75) is 45.0 Å². The van der Waals surface area contributed by atoms with Gasteiger partial charge < -0.3 is 9.16 Å². The summed E-state index contributed by atoms with van der Waals surface area (Å²) in [4.78, 5) is 13.5. The van der Waals surface area contributed by atoms with E-state index in [1.165, 1.54) is 0 Å². The van der Waals surface area contributed by atoms with E-state index in [1.807, 2.05) is 97.1 Å². The minimum absolute atomic E-state index is 0.0715. The molecule has 0 N–H and O–H groups in total. The maximum Gasteiger partial charge on any atom is 0.207 e. The van der Waals surface area contributed by atoms with E-state index < -0.39 is 14.4 Å². The summed E-state index contributed by atoms with van der Waals surface area (Å²) in [5.41, 5.74) is 2.40. The molecule has 4 heteroatoms. The van der Waals surface area contributed by atoms with Crippen molar-refractivity contribution in [2.75, 3.05) is 6.61 Å². The van der Waals surface area contributed by atoms with Crippen LogP contribution < -0.4 is 4.74 Å². The topological polar surface area (TPSA) is 35.5 Å². The van der Waals surface area contributed by atoms with Gasteiger partial charge in [0.15, 0.2) is 14.4 Å². The summed E-state index contributed by atoms with van der Waals surface area (Å²) >= 11 is 0. The van der Waals surface area contributed by atoms with Crippen molar-refractivity contribution in [1.82, 2.24) is 0 Å². The zero-order valence-electron chi connectivity index (χ0n) is 20.2. The van der Waals surface area contributed by atoms with Crippen molar-refractivity contribution >= 4 is 20.2 Å². The maximum absolute atomic E-state index is 13.5. The molecule has 0 radical (unpaired) electrons. The predicted molar refractivity (Wildman–Crippen MR) is 139 cm³/mol. The van der Waals surface area contributed by atoms with Crippen LogP contribution in [0.3, 0.4) is 0 Å². The van der Waals surface area contributed by atoms with Crippen LogP contribution >= 0.6 is 0 Å². The Labute approximate surface area is 199 Å². The Morgan fingerprint density at radius 3 is 2.09 bits per heavy atom. The first-order valence-corrected chi connectivity index (χ1v) is 14.3. The van der Waals surface area contributed by atoms with Crippen LogP contribution in [0.5, 0.6) is 5.75 Å². The smallest absolute Gasteiger partial charge is 0.207 e. The summed E-state index contributed by atoms with van der Waals surface area (Å²) in [6.07, 6.45) is 3.31. The van der Waals surface area contributed by atoms with E-state index in [2.05, 4.69) is 33.9 Å². The quantitative estimate of drug-likeness (QED) is 0.243. The lowest BCUT2D eigenvalue weighted by Crippen LogP contribution is -2.40. The zero-order chi connectivity index (χ0) is 23.9. The lowest BCUT2D eigenvalue weighted by atomic mass is 9.95. The molecule has 0 spiro atoms. The molecule has 0 saturated carbocycles. The Bertz CT molecular complexity index is 1070. The second kappa shape index (κ2) is 10.8. The van der Waals surface area contributed by atoms with Crippen LogP contribution in [-0.2, 0) is 4.43 Å². The standard InChI is InChI=1S/C29H34O3Si/c1-29(2,3)33(4,5)31-22-14-18-23-15-12-13-21-26(23)28(32-25-19-10-7-11-20-25)27(30)24-16-8-6-9-17-24/h6-21,28H,22H2,1-5H3/b18-14+. The third-order valence-corrected chi connectivity index (χ3v) is 10.7. The molecule has 0 saturated heterocycles. The number of rotatable bonds is 9. The lowest BCUT2D eigenvalue weighted by molar-refractivity contribution is 0.0792. The molecule has 0 aliphatic rings. The van der Waals surface area contributed by atoms with Gasteiger partial charge in [-0.15, -0.1) is 0 Å². The highest BCUT2D eigenvalue weighted by Gasteiger charge is 2.36. The molecule has 0 amide bonds. The van der Waals surface area contributed by atoms with Crippen molar-refractivity contribution in [3.63, 3.8) is 0 Å². The monoisotopic (exact) mass is 458 g/mol. The van der Waals surface area contributed by atoms with E-state index in [-0.39, 0.29) is 10.8 Å². The lowest BCUT2D eigenvalue weighted by Gasteiger charge is -2.35. The Morgan fingerprint density at radius 2 is 1.45 bits per heavy atom. The number of carbonyl (C=O) groups excluding carboxylic acids is 1. The summed E-state index contributed by atoms with van der Waals surface area (Å²) in [6.45, 7) is 11.7. The fourth-order valence-corrected chi connectivity index (χ4v) is 4.14. The summed E-state index contributed by atoms with van der Waals surface area (Å²) < 4.78 is 12.5. The van der Waals surface area contributed by atoms with Crippen molar-refractivity contribution in [1.29, 1.82) is 0 Å². The average molecular weight is 459 g/mol. The molecule has 172 valence electrons. The van der Waals surface area contributed by atoms with Crippen molar-refractivity contribution in [2.24, 2.45) is 0 Å². The molecule has 0 aliphatic heterocycles. The molecule has 0 heterocycles. The van der Waals surface area contributed by atoms with Crippen molar-refractivity contribution < 1.29 is 14.0 Å². The van der Waals surface area contributed by atoms with Crippen LogP contribution in [0.2, 0.25) is 18.1 Å². The van der Waals surface area contributed by atoms with Crippen LogP contribution in [0.25, 0.3) is 6.08 Å². The molecule has 1 unspecified atom stereocenters. The molecular weight excluding hydrogens is 424 g/mol. The van der Waals surface area contributed by atoms with E-state index in [9.17, 15) is 4.79 Å². The van der Waals surface area contributed by atoms with Gasteiger partial charge in [-0.25, -0.2) is 0 Å². The van der Waals surface area contributed by atoms with E-state index in [4.69, 9.17) is 9.16 Å². The van der Waals surface area contributed by atoms with E-state index in [1.54, 1.807) is 0 Å². The summed E-state index contributed by atoms with van der Waals surface area (Å²) in [5.74, 6) is 0.588. The van der Waals surface area contributed by atoms with Gasteiger partial charge in [0.2, 0.25) is 5.78 Å². The highest BCUT2D eigenvalue weighted by Crippen LogP contribution is 2.36. The summed E-state index contributed by atoms with van der Waals surface area (Å²) in [5, 5.41) is 0.162. The number of ketones is 1. The Morgan fingerprint density at radius 1 is 0.879 bits per heavy atom. The second-order valence-corrected chi connectivity index (χ2v) is 14.5. The van der Waals surface area contributed by atoms with Gasteiger partial charge in [-0.2, -0.15) is 0 Å². The summed E-state index contributed by atoms with van der Waals surface area (Å²) in [7, 11) is -1.82. The van der Waals surface area contributed by atoms with E-state index >= 15 is 0 Å². The van der Waals surface area contributed by atoms with Gasteiger partial charge in [0, 0.05) is 11.1 Å². The van der Waals surface area contributed by atoms with Crippen LogP contribution in [0.1, 0.15) is 48.4 Å². The molecule has 0 fully saturated rings. The first kappa shape index (κ1) is 24.7. The van der Waals surface area contributed by atoms with Gasteiger partial charge in [-0.3, -0.25) is 4.79 Å². The number of hydrogen-bond acceptors (Lipinski definition) is 3. The minimum Gasteiger partial charge on any atom is -0.477 e. The number of Topliss-reactive ketones (excluding diaryl/α,β-unsaturated/α-hetero) is 1. The molecule has 1 atom stereocenters. The first-order chi connectivity index (χ1) is 15.7. The van der Waals surface area contributed by atoms with Gasteiger partial charge in [0.25, 0.3) is 0 Å². The summed E-state index contributed by atoms with van der Waals surface area (Å²) in [6, 6.07) is 26.7. The molecule has 3 nitrogen and oxygen atoms in total. The van der Waals surface area contributed by atoms with Gasteiger partial charge in [0.1, 0.15) is 5.75 Å². The first-order valence-electron chi connectivity index (χ1n) is 11.4. The highest BCUT2D eigenvalue weighted by atomic mass is 28.4. The fourth-order valence-electron chi connectivity index (χ4n) is 3.20. The highest BCUT2D eigenvalue weighted by molar-refractivity contribution is 6.74. The van der Waals surface area contributed by atoms with E-state index in [0.29, 0.717) is 17.9 Å². The molecule has 3 aromatic rings. The van der Waals surface area contributed by atoms with Crippen molar-refractivity contribution in [3.05, 3.63) is 108 Å². The fraction of sp³-hybridized carbons (Fsp3) is 0.276. The average Bonchev–Trinajstić information content (AvgIpc) is 2.81. The molecule has 3 rings (SSSR count). The zero-order valence-corrected chi connectivity index (χ0v) is 21.2. The second-order valence-electron chi connectivity index (χ2n) is 9.64. The van der Waals surface area contributed by atoms with E-state index in [0.717, 1.165) is 11.1 Å². The van der Waals surface area contributed by atoms with Gasteiger partial charge in [-0.05, 0) is 35.8 Å². The van der Waals surface area contributed by atoms with Crippen LogP contribution in [0, 0.1) is 0 Å². The third-order valence-electron chi connectivity index (χ3n) is 6.22. The molecule has 3 aromatic carbocycles.